The molecule has 3 nitrogen and oxygen atoms in total. The van der Waals surface area contributed by atoms with Crippen molar-refractivity contribution < 1.29 is 4.74 Å². The summed E-state index contributed by atoms with van der Waals surface area (Å²) in [5.41, 5.74) is 0.389. The van der Waals surface area contributed by atoms with Gasteiger partial charge in [0.15, 0.2) is 0 Å². The van der Waals surface area contributed by atoms with Crippen molar-refractivity contribution in [1.82, 2.24) is 10.2 Å². The van der Waals surface area contributed by atoms with E-state index in [-0.39, 0.29) is 0 Å². The third-order valence-corrected chi connectivity index (χ3v) is 3.55. The summed E-state index contributed by atoms with van der Waals surface area (Å²) in [6.45, 7) is 12.0. The van der Waals surface area contributed by atoms with Crippen LogP contribution in [0.15, 0.2) is 0 Å². The highest BCUT2D eigenvalue weighted by Crippen LogP contribution is 2.23. The van der Waals surface area contributed by atoms with Crippen LogP contribution in [0.4, 0.5) is 0 Å². The molecule has 90 valence electrons. The highest BCUT2D eigenvalue weighted by molar-refractivity contribution is 4.82. The fraction of sp³-hybridized carbons (Fsp3) is 1.00. The minimum absolute atomic E-state index is 0.389. The van der Waals surface area contributed by atoms with Gasteiger partial charge in [0.2, 0.25) is 0 Å². The molecule has 1 fully saturated rings. The molecule has 2 unspecified atom stereocenters. The van der Waals surface area contributed by atoms with E-state index in [2.05, 4.69) is 31.0 Å². The second-order valence-corrected chi connectivity index (χ2v) is 5.09. The van der Waals surface area contributed by atoms with Crippen molar-refractivity contribution >= 4 is 0 Å². The molecule has 2 atom stereocenters. The van der Waals surface area contributed by atoms with Gasteiger partial charge in [0.05, 0.1) is 13.2 Å². The summed E-state index contributed by atoms with van der Waals surface area (Å²) < 4.78 is 5.46. The Morgan fingerprint density at radius 1 is 1.53 bits per heavy atom. The van der Waals surface area contributed by atoms with Crippen molar-refractivity contribution in [3.8, 4) is 0 Å². The lowest BCUT2D eigenvalue weighted by molar-refractivity contribution is -0.0184. The van der Waals surface area contributed by atoms with Gasteiger partial charge in [-0.05, 0) is 25.8 Å². The van der Waals surface area contributed by atoms with Crippen molar-refractivity contribution in [2.75, 3.05) is 39.9 Å². The SMILES string of the molecule is CCC(C)(CNC)CN1CCOCC1C. The van der Waals surface area contributed by atoms with E-state index < -0.39 is 0 Å². The van der Waals surface area contributed by atoms with E-state index >= 15 is 0 Å². The number of ether oxygens (including phenoxy) is 1. The lowest BCUT2D eigenvalue weighted by atomic mass is 9.86. The normalized spacial score (nSPS) is 27.6. The van der Waals surface area contributed by atoms with Gasteiger partial charge in [-0.2, -0.15) is 0 Å². The second kappa shape index (κ2) is 5.83. The van der Waals surface area contributed by atoms with Crippen LogP contribution in [-0.2, 0) is 4.74 Å². The van der Waals surface area contributed by atoms with Crippen molar-refractivity contribution in [1.29, 1.82) is 0 Å². The smallest absolute Gasteiger partial charge is 0.0619 e. The molecule has 0 bridgehead atoms. The highest BCUT2D eigenvalue weighted by atomic mass is 16.5. The van der Waals surface area contributed by atoms with Crippen LogP contribution in [0.2, 0.25) is 0 Å². The van der Waals surface area contributed by atoms with E-state index in [1.165, 1.54) is 13.0 Å². The Morgan fingerprint density at radius 2 is 2.27 bits per heavy atom. The summed E-state index contributed by atoms with van der Waals surface area (Å²) in [6, 6.07) is 0.571. The average Bonchev–Trinajstić information content (AvgIpc) is 2.22. The van der Waals surface area contributed by atoms with E-state index in [0.29, 0.717) is 11.5 Å². The van der Waals surface area contributed by atoms with E-state index in [9.17, 15) is 0 Å². The van der Waals surface area contributed by atoms with E-state index in [4.69, 9.17) is 4.74 Å². The molecular formula is C12H26N2O. The number of hydrogen-bond acceptors (Lipinski definition) is 3. The topological polar surface area (TPSA) is 24.5 Å². The summed E-state index contributed by atoms with van der Waals surface area (Å²) in [5, 5.41) is 3.31. The Labute approximate surface area is 94.2 Å². The third kappa shape index (κ3) is 3.74. The predicted molar refractivity (Wildman–Crippen MR) is 64.2 cm³/mol. The lowest BCUT2D eigenvalue weighted by Gasteiger charge is -2.40. The number of morpholine rings is 1. The van der Waals surface area contributed by atoms with Crippen LogP contribution in [0.1, 0.15) is 27.2 Å². The Bertz CT molecular complexity index is 186. The molecule has 0 amide bonds. The Kier molecular flexibility index (Phi) is 5.03. The first kappa shape index (κ1) is 12.9. The van der Waals surface area contributed by atoms with Crippen LogP contribution in [0.25, 0.3) is 0 Å². The maximum absolute atomic E-state index is 5.46. The molecular weight excluding hydrogens is 188 g/mol. The van der Waals surface area contributed by atoms with Gasteiger partial charge >= 0.3 is 0 Å². The molecule has 1 heterocycles. The number of rotatable bonds is 5. The molecule has 1 saturated heterocycles. The summed E-state index contributed by atoms with van der Waals surface area (Å²) in [6.07, 6.45) is 1.22. The van der Waals surface area contributed by atoms with Crippen LogP contribution >= 0.6 is 0 Å². The van der Waals surface area contributed by atoms with Gasteiger partial charge in [-0.25, -0.2) is 0 Å². The first-order valence-corrected chi connectivity index (χ1v) is 6.07. The maximum atomic E-state index is 5.46. The van der Waals surface area contributed by atoms with Gasteiger partial charge in [0.1, 0.15) is 0 Å². The average molecular weight is 214 g/mol. The third-order valence-electron chi connectivity index (χ3n) is 3.55. The van der Waals surface area contributed by atoms with Gasteiger partial charge in [-0.3, -0.25) is 4.90 Å². The lowest BCUT2D eigenvalue weighted by Crippen LogP contribution is -2.50. The van der Waals surface area contributed by atoms with E-state index in [0.717, 1.165) is 26.3 Å². The molecule has 0 saturated carbocycles. The first-order valence-electron chi connectivity index (χ1n) is 6.07. The highest BCUT2D eigenvalue weighted by Gasteiger charge is 2.28. The molecule has 15 heavy (non-hydrogen) atoms. The molecule has 1 N–H and O–H groups in total. The van der Waals surface area contributed by atoms with E-state index in [1.807, 2.05) is 7.05 Å². The van der Waals surface area contributed by atoms with Crippen LogP contribution in [-0.4, -0.2) is 50.8 Å². The van der Waals surface area contributed by atoms with Gasteiger partial charge in [0, 0.05) is 25.7 Å². The van der Waals surface area contributed by atoms with Gasteiger partial charge in [-0.15, -0.1) is 0 Å². The molecule has 1 rings (SSSR count). The first-order chi connectivity index (χ1) is 7.11. The minimum atomic E-state index is 0.389. The van der Waals surface area contributed by atoms with Crippen molar-refractivity contribution in [2.24, 2.45) is 5.41 Å². The van der Waals surface area contributed by atoms with Crippen LogP contribution < -0.4 is 5.32 Å². The molecule has 1 aliphatic rings. The summed E-state index contributed by atoms with van der Waals surface area (Å²) >= 11 is 0. The van der Waals surface area contributed by atoms with Crippen molar-refractivity contribution in [3.63, 3.8) is 0 Å². The van der Waals surface area contributed by atoms with Crippen LogP contribution in [0.5, 0.6) is 0 Å². The number of nitrogens with one attached hydrogen (secondary N) is 1. The fourth-order valence-corrected chi connectivity index (χ4v) is 2.21. The molecule has 0 aliphatic carbocycles. The molecule has 1 aliphatic heterocycles. The van der Waals surface area contributed by atoms with E-state index in [1.54, 1.807) is 0 Å². The van der Waals surface area contributed by atoms with Crippen LogP contribution in [0.3, 0.4) is 0 Å². The van der Waals surface area contributed by atoms with Crippen molar-refractivity contribution in [3.05, 3.63) is 0 Å². The summed E-state index contributed by atoms with van der Waals surface area (Å²) in [4.78, 5) is 2.56. The molecule has 0 aromatic carbocycles. The quantitative estimate of drug-likeness (QED) is 0.747. The minimum Gasteiger partial charge on any atom is -0.379 e. The molecule has 0 radical (unpaired) electrons. The zero-order chi connectivity index (χ0) is 11.3. The Morgan fingerprint density at radius 3 is 2.80 bits per heavy atom. The summed E-state index contributed by atoms with van der Waals surface area (Å²) in [5.74, 6) is 0. The zero-order valence-electron chi connectivity index (χ0n) is 10.7. The molecule has 0 aromatic heterocycles. The largest absolute Gasteiger partial charge is 0.379 e. The van der Waals surface area contributed by atoms with Gasteiger partial charge < -0.3 is 10.1 Å². The second-order valence-electron chi connectivity index (χ2n) is 5.09. The summed E-state index contributed by atoms with van der Waals surface area (Å²) in [7, 11) is 2.04. The Balaban J connectivity index is 2.49. The standard InChI is InChI=1S/C12H26N2O/c1-5-12(3,9-13-4)10-14-6-7-15-8-11(14)2/h11,13H,5-10H2,1-4H3. The Hall–Kier alpha value is -0.120. The number of nitrogens with zero attached hydrogens (tertiary/aromatic N) is 1. The molecule has 3 heteroatoms. The fourth-order valence-electron chi connectivity index (χ4n) is 2.21. The van der Waals surface area contributed by atoms with Gasteiger partial charge in [0.25, 0.3) is 0 Å². The van der Waals surface area contributed by atoms with Gasteiger partial charge in [-0.1, -0.05) is 13.8 Å². The zero-order valence-corrected chi connectivity index (χ0v) is 10.7. The maximum Gasteiger partial charge on any atom is 0.0619 e. The monoisotopic (exact) mass is 214 g/mol. The molecule has 0 aromatic rings. The predicted octanol–water partition coefficient (Wildman–Crippen LogP) is 1.34. The van der Waals surface area contributed by atoms with Crippen LogP contribution in [0, 0.1) is 5.41 Å². The molecule has 0 spiro atoms. The number of hydrogen-bond donors (Lipinski definition) is 1. The van der Waals surface area contributed by atoms with Crippen molar-refractivity contribution in [2.45, 2.75) is 33.2 Å².